The van der Waals surface area contributed by atoms with Gasteiger partial charge in [-0.15, -0.1) is 0 Å². The van der Waals surface area contributed by atoms with Gasteiger partial charge in [0.15, 0.2) is 0 Å². The van der Waals surface area contributed by atoms with E-state index in [0.29, 0.717) is 0 Å². The Balaban J connectivity index is 2.27. The molecule has 2 heterocycles. The quantitative estimate of drug-likeness (QED) is 0.749. The molecule has 0 saturated carbocycles. The van der Waals surface area contributed by atoms with Gasteiger partial charge in [-0.1, -0.05) is 6.07 Å². The first-order valence-corrected chi connectivity index (χ1v) is 5.23. The fourth-order valence-corrected chi connectivity index (χ4v) is 2.30. The fourth-order valence-electron chi connectivity index (χ4n) is 2.30. The molecule has 1 saturated heterocycles. The predicted molar refractivity (Wildman–Crippen MR) is 56.8 cm³/mol. The zero-order chi connectivity index (χ0) is 9.86. The minimum absolute atomic E-state index is 0.100. The van der Waals surface area contributed by atoms with E-state index in [-0.39, 0.29) is 5.54 Å². The van der Waals surface area contributed by atoms with Crippen LogP contribution >= 0.6 is 0 Å². The van der Waals surface area contributed by atoms with Crippen LogP contribution < -0.4 is 11.1 Å². The highest BCUT2D eigenvalue weighted by Gasteiger charge is 2.34. The highest BCUT2D eigenvalue weighted by molar-refractivity contribution is 5.22. The number of hydrogen-bond donors (Lipinski definition) is 2. The zero-order valence-electron chi connectivity index (χ0n) is 8.37. The van der Waals surface area contributed by atoms with Crippen LogP contribution in [-0.2, 0) is 5.54 Å². The average molecular weight is 191 g/mol. The van der Waals surface area contributed by atoms with Crippen molar-refractivity contribution in [2.24, 2.45) is 5.73 Å². The number of nitrogens with zero attached hydrogens (tertiary/aromatic N) is 1. The van der Waals surface area contributed by atoms with Crippen LogP contribution in [0.1, 0.15) is 24.8 Å². The van der Waals surface area contributed by atoms with E-state index in [1.165, 1.54) is 18.4 Å². The molecule has 3 N–H and O–H groups in total. The molecule has 0 spiro atoms. The van der Waals surface area contributed by atoms with Crippen molar-refractivity contribution in [3.63, 3.8) is 0 Å². The molecule has 0 radical (unpaired) electrons. The number of aromatic nitrogens is 1. The van der Waals surface area contributed by atoms with E-state index in [1.807, 2.05) is 18.5 Å². The van der Waals surface area contributed by atoms with Gasteiger partial charge in [-0.3, -0.25) is 4.98 Å². The molecule has 0 bridgehead atoms. The Labute approximate surface area is 84.7 Å². The number of pyridine rings is 1. The van der Waals surface area contributed by atoms with Crippen LogP contribution in [0.3, 0.4) is 0 Å². The third kappa shape index (κ3) is 1.65. The van der Waals surface area contributed by atoms with Crippen LogP contribution in [0, 0.1) is 0 Å². The highest BCUT2D eigenvalue weighted by atomic mass is 15.0. The Morgan fingerprint density at radius 3 is 3.07 bits per heavy atom. The van der Waals surface area contributed by atoms with Crippen LogP contribution in [-0.4, -0.2) is 18.1 Å². The van der Waals surface area contributed by atoms with E-state index < -0.39 is 0 Å². The van der Waals surface area contributed by atoms with Gasteiger partial charge in [0.25, 0.3) is 0 Å². The minimum atomic E-state index is 0.100. The molecule has 14 heavy (non-hydrogen) atoms. The van der Waals surface area contributed by atoms with Crippen LogP contribution in [0.4, 0.5) is 0 Å². The normalized spacial score (nSPS) is 26.6. The lowest BCUT2D eigenvalue weighted by atomic mass is 9.86. The van der Waals surface area contributed by atoms with Crippen LogP contribution in [0.25, 0.3) is 0 Å². The van der Waals surface area contributed by atoms with Crippen molar-refractivity contribution in [3.05, 3.63) is 30.1 Å². The first-order chi connectivity index (χ1) is 6.87. The molecular formula is C11H17N3. The molecule has 1 aromatic rings. The van der Waals surface area contributed by atoms with Crippen LogP contribution in [0.2, 0.25) is 0 Å². The predicted octanol–water partition coefficient (Wildman–Crippen LogP) is 1.01. The molecule has 1 atom stereocenters. The first-order valence-electron chi connectivity index (χ1n) is 5.23. The van der Waals surface area contributed by atoms with E-state index in [2.05, 4.69) is 16.4 Å². The Morgan fingerprint density at radius 1 is 1.57 bits per heavy atom. The molecule has 0 aliphatic carbocycles. The third-order valence-electron chi connectivity index (χ3n) is 3.03. The molecule has 0 amide bonds. The first kappa shape index (κ1) is 9.62. The molecule has 1 aromatic heterocycles. The SMILES string of the molecule is NCCC1(c2cccnc2)CCCN1. The van der Waals surface area contributed by atoms with Gasteiger partial charge in [-0.05, 0) is 44.0 Å². The van der Waals surface area contributed by atoms with Gasteiger partial charge in [0.1, 0.15) is 0 Å². The summed E-state index contributed by atoms with van der Waals surface area (Å²) in [6.45, 7) is 1.82. The van der Waals surface area contributed by atoms with Crippen molar-refractivity contribution < 1.29 is 0 Å². The second kappa shape index (κ2) is 4.07. The second-order valence-corrected chi connectivity index (χ2v) is 3.89. The third-order valence-corrected chi connectivity index (χ3v) is 3.03. The average Bonchev–Trinajstić information content (AvgIpc) is 2.70. The van der Waals surface area contributed by atoms with E-state index in [9.17, 15) is 0 Å². The van der Waals surface area contributed by atoms with Gasteiger partial charge in [0.05, 0.1) is 0 Å². The smallest absolute Gasteiger partial charge is 0.0462 e. The van der Waals surface area contributed by atoms with Gasteiger partial charge in [0, 0.05) is 17.9 Å². The fraction of sp³-hybridized carbons (Fsp3) is 0.545. The molecule has 1 aliphatic rings. The Hall–Kier alpha value is -0.930. The lowest BCUT2D eigenvalue weighted by Crippen LogP contribution is -2.38. The number of rotatable bonds is 3. The second-order valence-electron chi connectivity index (χ2n) is 3.89. The maximum absolute atomic E-state index is 5.67. The summed E-state index contributed by atoms with van der Waals surface area (Å²) >= 11 is 0. The summed E-state index contributed by atoms with van der Waals surface area (Å²) in [5.74, 6) is 0. The van der Waals surface area contributed by atoms with Gasteiger partial charge < -0.3 is 11.1 Å². The van der Waals surface area contributed by atoms with Gasteiger partial charge >= 0.3 is 0 Å². The van der Waals surface area contributed by atoms with E-state index in [1.54, 1.807) is 0 Å². The summed E-state index contributed by atoms with van der Waals surface area (Å²) in [4.78, 5) is 4.18. The number of nitrogens with one attached hydrogen (secondary N) is 1. The van der Waals surface area contributed by atoms with E-state index in [4.69, 9.17) is 5.73 Å². The molecule has 1 unspecified atom stereocenters. The Bertz CT molecular complexity index is 278. The van der Waals surface area contributed by atoms with Crippen molar-refractivity contribution in [1.29, 1.82) is 0 Å². The summed E-state index contributed by atoms with van der Waals surface area (Å²) in [5.41, 5.74) is 7.05. The summed E-state index contributed by atoms with van der Waals surface area (Å²) in [6, 6.07) is 4.13. The Kier molecular flexibility index (Phi) is 2.79. The maximum Gasteiger partial charge on any atom is 0.0462 e. The number of nitrogens with two attached hydrogens (primary N) is 1. The van der Waals surface area contributed by atoms with Gasteiger partial charge in [-0.2, -0.15) is 0 Å². The molecule has 76 valence electrons. The topological polar surface area (TPSA) is 50.9 Å². The summed E-state index contributed by atoms with van der Waals surface area (Å²) in [6.07, 6.45) is 7.17. The minimum Gasteiger partial charge on any atom is -0.330 e. The highest BCUT2D eigenvalue weighted by Crippen LogP contribution is 2.32. The van der Waals surface area contributed by atoms with Crippen molar-refractivity contribution >= 4 is 0 Å². The summed E-state index contributed by atoms with van der Waals surface area (Å²) in [7, 11) is 0. The lowest BCUT2D eigenvalue weighted by molar-refractivity contribution is 0.364. The Morgan fingerprint density at radius 2 is 2.50 bits per heavy atom. The lowest BCUT2D eigenvalue weighted by Gasteiger charge is -2.29. The van der Waals surface area contributed by atoms with Gasteiger partial charge in [-0.25, -0.2) is 0 Å². The molecule has 0 aromatic carbocycles. The van der Waals surface area contributed by atoms with E-state index >= 15 is 0 Å². The van der Waals surface area contributed by atoms with Crippen LogP contribution in [0.15, 0.2) is 24.5 Å². The molecule has 3 heteroatoms. The molecule has 1 aliphatic heterocycles. The van der Waals surface area contributed by atoms with Gasteiger partial charge in [0.2, 0.25) is 0 Å². The largest absolute Gasteiger partial charge is 0.330 e. The summed E-state index contributed by atoms with van der Waals surface area (Å²) in [5, 5.41) is 3.57. The van der Waals surface area contributed by atoms with Crippen molar-refractivity contribution in [1.82, 2.24) is 10.3 Å². The van der Waals surface area contributed by atoms with Crippen molar-refractivity contribution in [3.8, 4) is 0 Å². The molecule has 3 nitrogen and oxygen atoms in total. The standard InChI is InChI=1S/C11H17N3/c12-6-5-11(4-2-8-14-11)10-3-1-7-13-9-10/h1,3,7,9,14H,2,4-6,8,12H2. The molecule has 1 fully saturated rings. The van der Waals surface area contributed by atoms with Crippen molar-refractivity contribution in [2.75, 3.05) is 13.1 Å². The monoisotopic (exact) mass is 191 g/mol. The maximum atomic E-state index is 5.67. The molecular weight excluding hydrogens is 174 g/mol. The zero-order valence-corrected chi connectivity index (χ0v) is 8.37. The number of hydrogen-bond acceptors (Lipinski definition) is 3. The van der Waals surface area contributed by atoms with Crippen LogP contribution in [0.5, 0.6) is 0 Å². The molecule has 2 rings (SSSR count). The van der Waals surface area contributed by atoms with Crippen molar-refractivity contribution in [2.45, 2.75) is 24.8 Å². The summed E-state index contributed by atoms with van der Waals surface area (Å²) < 4.78 is 0. The van der Waals surface area contributed by atoms with E-state index in [0.717, 1.165) is 19.5 Å².